The van der Waals surface area contributed by atoms with Crippen molar-refractivity contribution < 1.29 is 4.79 Å². The quantitative estimate of drug-likeness (QED) is 0.699. The molecule has 1 amide bonds. The predicted octanol–water partition coefficient (Wildman–Crippen LogP) is 1.76. The number of nitrogens with zero attached hydrogens (tertiary/aromatic N) is 1. The summed E-state index contributed by atoms with van der Waals surface area (Å²) >= 11 is 0. The Kier molecular flexibility index (Phi) is 5.09. The fraction of sp³-hybridized carbons (Fsp3) is 0.917. The maximum atomic E-state index is 11.9. The lowest BCUT2D eigenvalue weighted by Crippen LogP contribution is -2.44. The summed E-state index contributed by atoms with van der Waals surface area (Å²) in [4.78, 5) is 13.9. The Morgan fingerprint density at radius 2 is 2.13 bits per heavy atom. The molecule has 0 unspecified atom stereocenters. The average molecular weight is 212 g/mol. The second-order valence-electron chi connectivity index (χ2n) is 4.57. The van der Waals surface area contributed by atoms with Gasteiger partial charge >= 0.3 is 0 Å². The zero-order valence-corrected chi connectivity index (χ0v) is 10.0. The van der Waals surface area contributed by atoms with Crippen LogP contribution in [0.3, 0.4) is 0 Å². The average Bonchev–Trinajstić information content (AvgIpc) is 3.05. The first-order valence-electron chi connectivity index (χ1n) is 6.23. The molecule has 0 aliphatic heterocycles. The van der Waals surface area contributed by atoms with E-state index in [1.807, 2.05) is 11.8 Å². The van der Waals surface area contributed by atoms with Crippen LogP contribution in [0, 0.1) is 5.92 Å². The zero-order valence-electron chi connectivity index (χ0n) is 10.0. The van der Waals surface area contributed by atoms with E-state index in [1.165, 1.54) is 12.8 Å². The van der Waals surface area contributed by atoms with Crippen molar-refractivity contribution in [1.29, 1.82) is 0 Å². The van der Waals surface area contributed by atoms with Crippen molar-refractivity contribution in [3.05, 3.63) is 0 Å². The van der Waals surface area contributed by atoms with E-state index in [4.69, 9.17) is 5.73 Å². The van der Waals surface area contributed by atoms with Gasteiger partial charge in [-0.05, 0) is 32.1 Å². The van der Waals surface area contributed by atoms with Crippen molar-refractivity contribution in [3.63, 3.8) is 0 Å². The van der Waals surface area contributed by atoms with Crippen molar-refractivity contribution in [2.45, 2.75) is 52.0 Å². The molecule has 0 heterocycles. The minimum atomic E-state index is -0.274. The van der Waals surface area contributed by atoms with E-state index in [2.05, 4.69) is 6.92 Å². The van der Waals surface area contributed by atoms with Crippen LogP contribution in [-0.4, -0.2) is 29.9 Å². The first-order valence-corrected chi connectivity index (χ1v) is 6.23. The van der Waals surface area contributed by atoms with Gasteiger partial charge in [0, 0.05) is 13.1 Å². The fourth-order valence-corrected chi connectivity index (χ4v) is 1.77. The summed E-state index contributed by atoms with van der Waals surface area (Å²) in [6.07, 6.45) is 5.56. The molecule has 1 fully saturated rings. The van der Waals surface area contributed by atoms with Crippen LogP contribution in [0.15, 0.2) is 0 Å². The van der Waals surface area contributed by atoms with Crippen LogP contribution in [0.4, 0.5) is 0 Å². The van der Waals surface area contributed by atoms with Crippen LogP contribution < -0.4 is 5.73 Å². The minimum absolute atomic E-state index is 0.151. The topological polar surface area (TPSA) is 46.3 Å². The van der Waals surface area contributed by atoms with Gasteiger partial charge in [-0.15, -0.1) is 0 Å². The van der Waals surface area contributed by atoms with Gasteiger partial charge in [-0.1, -0.05) is 19.8 Å². The van der Waals surface area contributed by atoms with Crippen molar-refractivity contribution in [1.82, 2.24) is 4.90 Å². The lowest BCUT2D eigenvalue weighted by atomic mass is 10.1. The Hall–Kier alpha value is -0.570. The molecule has 0 spiro atoms. The molecule has 1 atom stereocenters. The van der Waals surface area contributed by atoms with Crippen molar-refractivity contribution in [3.8, 4) is 0 Å². The molecule has 0 radical (unpaired) electrons. The first-order chi connectivity index (χ1) is 7.19. The summed E-state index contributed by atoms with van der Waals surface area (Å²) < 4.78 is 0. The fourth-order valence-electron chi connectivity index (χ4n) is 1.77. The van der Waals surface area contributed by atoms with Gasteiger partial charge in [0.2, 0.25) is 5.91 Å². The lowest BCUT2D eigenvalue weighted by Gasteiger charge is -2.24. The Morgan fingerprint density at radius 3 is 2.60 bits per heavy atom. The summed E-state index contributed by atoms with van der Waals surface area (Å²) in [6, 6.07) is -0.274. The third kappa shape index (κ3) is 4.20. The van der Waals surface area contributed by atoms with Crippen molar-refractivity contribution >= 4 is 5.91 Å². The van der Waals surface area contributed by atoms with E-state index in [0.29, 0.717) is 0 Å². The molecule has 0 aromatic carbocycles. The summed E-state index contributed by atoms with van der Waals surface area (Å²) in [5.41, 5.74) is 5.88. The number of carbonyl (C=O) groups is 1. The maximum Gasteiger partial charge on any atom is 0.239 e. The second kappa shape index (κ2) is 6.11. The van der Waals surface area contributed by atoms with Crippen molar-refractivity contribution in [2.75, 3.05) is 13.1 Å². The van der Waals surface area contributed by atoms with E-state index in [-0.39, 0.29) is 11.9 Å². The Balaban J connectivity index is 2.32. The molecular formula is C12H24N2O. The first kappa shape index (κ1) is 12.5. The molecule has 2 N–H and O–H groups in total. The minimum Gasteiger partial charge on any atom is -0.341 e. The molecule has 0 bridgehead atoms. The van der Waals surface area contributed by atoms with Crippen molar-refractivity contribution in [2.24, 2.45) is 11.7 Å². The predicted molar refractivity (Wildman–Crippen MR) is 62.5 cm³/mol. The molecule has 1 aliphatic carbocycles. The summed E-state index contributed by atoms with van der Waals surface area (Å²) in [5, 5.41) is 0. The van der Waals surface area contributed by atoms with Gasteiger partial charge < -0.3 is 10.6 Å². The van der Waals surface area contributed by atoms with Crippen LogP contribution in [0.25, 0.3) is 0 Å². The zero-order chi connectivity index (χ0) is 11.3. The van der Waals surface area contributed by atoms with E-state index in [1.54, 1.807) is 0 Å². The van der Waals surface area contributed by atoms with Crippen LogP contribution in [-0.2, 0) is 4.79 Å². The second-order valence-corrected chi connectivity index (χ2v) is 4.57. The number of likely N-dealkylation sites (N-methyl/N-ethyl adjacent to an activating group) is 1. The van der Waals surface area contributed by atoms with E-state index in [9.17, 15) is 4.79 Å². The molecular weight excluding hydrogens is 188 g/mol. The highest BCUT2D eigenvalue weighted by molar-refractivity contribution is 5.81. The van der Waals surface area contributed by atoms with Gasteiger partial charge in [-0.3, -0.25) is 4.79 Å². The number of unbranched alkanes of at least 4 members (excludes halogenated alkanes) is 1. The lowest BCUT2D eigenvalue weighted by molar-refractivity contribution is -0.132. The Labute approximate surface area is 93.0 Å². The summed E-state index contributed by atoms with van der Waals surface area (Å²) in [5.74, 6) is 0.908. The van der Waals surface area contributed by atoms with E-state index < -0.39 is 0 Å². The van der Waals surface area contributed by atoms with E-state index >= 15 is 0 Å². The summed E-state index contributed by atoms with van der Waals surface area (Å²) in [6.45, 7) is 5.89. The number of hydrogen-bond donors (Lipinski definition) is 1. The number of nitrogens with two attached hydrogens (primary N) is 1. The van der Waals surface area contributed by atoms with Gasteiger partial charge in [0.15, 0.2) is 0 Å². The Bertz CT molecular complexity index is 202. The van der Waals surface area contributed by atoms with Crippen LogP contribution in [0.5, 0.6) is 0 Å². The number of amides is 1. The monoisotopic (exact) mass is 212 g/mol. The van der Waals surface area contributed by atoms with Gasteiger partial charge in [-0.2, -0.15) is 0 Å². The van der Waals surface area contributed by atoms with Gasteiger partial charge in [0.05, 0.1) is 6.04 Å². The molecule has 3 heteroatoms. The van der Waals surface area contributed by atoms with Crippen LogP contribution in [0.2, 0.25) is 0 Å². The highest BCUT2D eigenvalue weighted by atomic mass is 16.2. The molecule has 1 saturated carbocycles. The molecule has 1 aliphatic rings. The third-order valence-electron chi connectivity index (χ3n) is 3.05. The summed E-state index contributed by atoms with van der Waals surface area (Å²) in [7, 11) is 0. The highest BCUT2D eigenvalue weighted by Gasteiger charge is 2.27. The number of rotatable bonds is 7. The molecule has 1 rings (SSSR count). The van der Waals surface area contributed by atoms with E-state index in [0.717, 1.165) is 38.3 Å². The smallest absolute Gasteiger partial charge is 0.239 e. The van der Waals surface area contributed by atoms with Gasteiger partial charge in [-0.25, -0.2) is 0 Å². The molecule has 0 aromatic heterocycles. The number of carbonyl (C=O) groups excluding carboxylic acids is 1. The molecule has 3 nitrogen and oxygen atoms in total. The maximum absolute atomic E-state index is 11.9. The normalized spacial score (nSPS) is 17.5. The molecule has 15 heavy (non-hydrogen) atoms. The molecule has 88 valence electrons. The number of hydrogen-bond acceptors (Lipinski definition) is 2. The SMILES string of the molecule is CCCC[C@H](N)C(=O)N(CC)CC1CC1. The van der Waals surface area contributed by atoms with Gasteiger partial charge in [0.25, 0.3) is 0 Å². The molecule has 0 aromatic rings. The van der Waals surface area contributed by atoms with Crippen LogP contribution >= 0.6 is 0 Å². The van der Waals surface area contributed by atoms with Crippen LogP contribution in [0.1, 0.15) is 46.0 Å². The standard InChI is InChI=1S/C12H24N2O/c1-3-5-6-11(13)12(15)14(4-2)9-10-7-8-10/h10-11H,3-9,13H2,1-2H3/t11-/m0/s1. The highest BCUT2D eigenvalue weighted by Crippen LogP contribution is 2.29. The third-order valence-corrected chi connectivity index (χ3v) is 3.05. The molecule has 0 saturated heterocycles. The Morgan fingerprint density at radius 1 is 1.47 bits per heavy atom. The largest absolute Gasteiger partial charge is 0.341 e. The van der Waals surface area contributed by atoms with Gasteiger partial charge in [0.1, 0.15) is 0 Å².